The second-order valence-corrected chi connectivity index (χ2v) is 10.7. The molecule has 0 saturated heterocycles. The number of hydrogen-bond donors (Lipinski definition) is 1. The van der Waals surface area contributed by atoms with Crippen molar-refractivity contribution >= 4 is 44.9 Å². The van der Waals surface area contributed by atoms with Crippen molar-refractivity contribution in [3.8, 4) is 0 Å². The quantitative estimate of drug-likeness (QED) is 0.489. The molecule has 2 atom stereocenters. The lowest BCUT2D eigenvalue weighted by molar-refractivity contribution is -0.112. The maximum absolute atomic E-state index is 13.2. The number of nitrogens with zero attached hydrogens (tertiary/aromatic N) is 3. The molecule has 3 heterocycles. The lowest BCUT2D eigenvalue weighted by atomic mass is 10.0. The van der Waals surface area contributed by atoms with Crippen LogP contribution in [0.15, 0.2) is 45.2 Å². The van der Waals surface area contributed by atoms with Gasteiger partial charge in [0.05, 0.1) is 28.8 Å². The van der Waals surface area contributed by atoms with E-state index in [0.29, 0.717) is 16.2 Å². The average molecular weight is 445 g/mol. The van der Waals surface area contributed by atoms with Gasteiger partial charge in [0, 0.05) is 6.07 Å². The van der Waals surface area contributed by atoms with E-state index in [2.05, 4.69) is 4.98 Å². The first-order valence-corrected chi connectivity index (χ1v) is 12.1. The van der Waals surface area contributed by atoms with Crippen LogP contribution in [-0.2, 0) is 22.2 Å². The smallest absolute Gasteiger partial charge is 0.418 e. The molecule has 4 rings (SSSR count). The van der Waals surface area contributed by atoms with Crippen molar-refractivity contribution in [2.45, 2.75) is 48.5 Å². The molecule has 9 heteroatoms. The van der Waals surface area contributed by atoms with Crippen LogP contribution >= 0.6 is 11.8 Å². The number of rotatable bonds is 4. The van der Waals surface area contributed by atoms with Crippen molar-refractivity contribution in [1.82, 2.24) is 14.1 Å². The number of thioether (sulfide) groups is 1. The molecular formula is C21H22N3O4S2+. The van der Waals surface area contributed by atoms with Crippen LogP contribution in [0.2, 0.25) is 0 Å². The standard InChI is InChI=1S/C21H21N3O4S2/c1-11(2)30-16-9-13(24(21(27)28)18(25)17(16)12(3)19(30)26)10-23-15-8-6-5-7-14(15)22-20(23)29-4/h5-9,11-12H,10H2,1-4H3/p+1. The van der Waals surface area contributed by atoms with Gasteiger partial charge in [-0.15, -0.1) is 0 Å². The minimum Gasteiger partial charge on any atom is -0.464 e. The molecule has 0 aliphatic carbocycles. The fourth-order valence-electron chi connectivity index (χ4n) is 3.98. The third-order valence-electron chi connectivity index (χ3n) is 5.31. The summed E-state index contributed by atoms with van der Waals surface area (Å²) in [5.41, 5.74) is 1.71. The maximum Gasteiger partial charge on any atom is 0.418 e. The molecule has 30 heavy (non-hydrogen) atoms. The normalized spacial score (nSPS) is 18.4. The average Bonchev–Trinajstić information content (AvgIpc) is 3.16. The van der Waals surface area contributed by atoms with Gasteiger partial charge in [-0.3, -0.25) is 4.79 Å². The van der Waals surface area contributed by atoms with Crippen molar-refractivity contribution in [2.24, 2.45) is 0 Å². The van der Waals surface area contributed by atoms with Gasteiger partial charge in [-0.25, -0.2) is 19.1 Å². The van der Waals surface area contributed by atoms with Crippen LogP contribution in [0.3, 0.4) is 0 Å². The fourth-order valence-corrected chi connectivity index (χ4v) is 7.01. The Kier molecular flexibility index (Phi) is 5.27. The molecule has 3 aromatic rings. The lowest BCUT2D eigenvalue weighted by Crippen LogP contribution is -2.33. The summed E-state index contributed by atoms with van der Waals surface area (Å²) in [6.07, 6.45) is 0.560. The van der Waals surface area contributed by atoms with Gasteiger partial charge in [-0.05, 0) is 39.2 Å². The summed E-state index contributed by atoms with van der Waals surface area (Å²) in [7, 11) is -0.729. The predicted molar refractivity (Wildman–Crippen MR) is 119 cm³/mol. The Morgan fingerprint density at radius 1 is 1.30 bits per heavy atom. The van der Waals surface area contributed by atoms with Crippen molar-refractivity contribution < 1.29 is 14.7 Å². The Morgan fingerprint density at radius 2 is 2.00 bits per heavy atom. The Hall–Kier alpha value is -2.52. The van der Waals surface area contributed by atoms with E-state index in [1.165, 1.54) is 11.8 Å². The van der Waals surface area contributed by atoms with Crippen LogP contribution in [0.4, 0.5) is 4.79 Å². The number of pyridine rings is 1. The number of carboxylic acid groups (broad SMARTS) is 1. The van der Waals surface area contributed by atoms with Crippen LogP contribution in [0, 0.1) is 0 Å². The third kappa shape index (κ3) is 3.07. The molecule has 2 aromatic heterocycles. The Bertz CT molecular complexity index is 1250. The van der Waals surface area contributed by atoms with Crippen molar-refractivity contribution in [2.75, 3.05) is 6.26 Å². The van der Waals surface area contributed by atoms with Crippen LogP contribution < -0.4 is 5.56 Å². The topological polar surface area (TPSA) is 94.2 Å². The van der Waals surface area contributed by atoms with E-state index in [9.17, 15) is 19.5 Å². The van der Waals surface area contributed by atoms with E-state index in [1.807, 2.05) is 48.9 Å². The maximum atomic E-state index is 13.2. The van der Waals surface area contributed by atoms with Crippen LogP contribution in [0.5, 0.6) is 0 Å². The van der Waals surface area contributed by atoms with Gasteiger partial charge in [-0.2, -0.15) is 0 Å². The van der Waals surface area contributed by atoms with Gasteiger partial charge >= 0.3 is 11.2 Å². The number of imidazole rings is 1. The number of benzene rings is 1. The molecule has 0 amide bonds. The molecule has 1 aliphatic rings. The molecule has 1 aliphatic heterocycles. The molecule has 1 aromatic carbocycles. The second-order valence-electron chi connectivity index (χ2n) is 7.44. The minimum atomic E-state index is -1.34. The summed E-state index contributed by atoms with van der Waals surface area (Å²) in [6.45, 7) is 5.78. The van der Waals surface area contributed by atoms with Crippen LogP contribution in [0.25, 0.3) is 11.0 Å². The molecule has 0 radical (unpaired) electrons. The fraction of sp³-hybridized carbons (Fsp3) is 0.333. The second kappa shape index (κ2) is 7.63. The molecule has 2 unspecified atom stereocenters. The highest BCUT2D eigenvalue weighted by Crippen LogP contribution is 2.38. The molecule has 156 valence electrons. The molecule has 7 nitrogen and oxygen atoms in total. The largest absolute Gasteiger partial charge is 0.464 e. The highest BCUT2D eigenvalue weighted by atomic mass is 32.2. The van der Waals surface area contributed by atoms with E-state index < -0.39 is 28.5 Å². The van der Waals surface area contributed by atoms with Crippen LogP contribution in [0.1, 0.15) is 37.9 Å². The summed E-state index contributed by atoms with van der Waals surface area (Å²) in [6, 6.07) is 9.36. The minimum absolute atomic E-state index is 0.00377. The SMILES string of the molecule is CSc1nc2ccccc2n1Cc1cc2c(c(=O)n1C(=O)O)C(C)C(=O)[S+]2C(C)C. The summed E-state index contributed by atoms with van der Waals surface area (Å²) in [5, 5.41) is 10.6. The van der Waals surface area contributed by atoms with Crippen molar-refractivity contribution in [3.05, 3.63) is 51.9 Å². The van der Waals surface area contributed by atoms with E-state index in [1.54, 1.807) is 13.0 Å². The number of carbonyl (C=O) groups excluding carboxylic acids is 1. The number of fused-ring (bicyclic) bond motifs is 2. The zero-order valence-electron chi connectivity index (χ0n) is 17.1. The number of hydrogen-bond acceptors (Lipinski definition) is 5. The predicted octanol–water partition coefficient (Wildman–Crippen LogP) is 3.52. The van der Waals surface area contributed by atoms with Crippen molar-refractivity contribution in [3.63, 3.8) is 0 Å². The lowest BCUT2D eigenvalue weighted by Gasteiger charge is -2.13. The first kappa shape index (κ1) is 20.7. The van der Waals surface area contributed by atoms with E-state index >= 15 is 0 Å². The van der Waals surface area contributed by atoms with Gasteiger partial charge in [0.25, 0.3) is 5.56 Å². The van der Waals surface area contributed by atoms with Gasteiger partial charge in [-0.1, -0.05) is 23.9 Å². The summed E-state index contributed by atoms with van der Waals surface area (Å²) in [5.74, 6) is -0.589. The van der Waals surface area contributed by atoms with Crippen molar-refractivity contribution in [1.29, 1.82) is 0 Å². The molecule has 0 spiro atoms. The summed E-state index contributed by atoms with van der Waals surface area (Å²) in [4.78, 5) is 43.4. The van der Waals surface area contributed by atoms with Gasteiger partial charge in [0.15, 0.2) is 10.1 Å². The van der Waals surface area contributed by atoms with Crippen LogP contribution in [-0.4, -0.2) is 41.9 Å². The number of carbonyl (C=O) groups is 2. The van der Waals surface area contributed by atoms with Gasteiger partial charge < -0.3 is 9.67 Å². The molecule has 0 bridgehead atoms. The Balaban J connectivity index is 1.96. The monoisotopic (exact) mass is 444 g/mol. The summed E-state index contributed by atoms with van der Waals surface area (Å²) >= 11 is 1.46. The zero-order valence-corrected chi connectivity index (χ0v) is 18.7. The first-order chi connectivity index (χ1) is 14.3. The highest BCUT2D eigenvalue weighted by molar-refractivity contribution is 8.12. The molecular weight excluding hydrogens is 422 g/mol. The highest BCUT2D eigenvalue weighted by Gasteiger charge is 2.51. The number of aromatic nitrogens is 3. The zero-order chi connectivity index (χ0) is 21.7. The Morgan fingerprint density at radius 3 is 2.63 bits per heavy atom. The number of para-hydroxylation sites is 2. The van der Waals surface area contributed by atoms with E-state index in [0.717, 1.165) is 20.8 Å². The Labute approximate surface area is 180 Å². The molecule has 0 fully saturated rings. The summed E-state index contributed by atoms with van der Waals surface area (Å²) < 4.78 is 2.70. The molecule has 1 N–H and O–H groups in total. The third-order valence-corrected chi connectivity index (χ3v) is 8.53. The van der Waals surface area contributed by atoms with Gasteiger partial charge in [0.1, 0.15) is 22.1 Å². The van der Waals surface area contributed by atoms with Gasteiger partial charge in [0.2, 0.25) is 0 Å². The first-order valence-electron chi connectivity index (χ1n) is 9.54. The molecule has 0 saturated carbocycles. The van der Waals surface area contributed by atoms with E-state index in [-0.39, 0.29) is 16.9 Å². The van der Waals surface area contributed by atoms with E-state index in [4.69, 9.17) is 0 Å².